The second-order valence-electron chi connectivity index (χ2n) is 4.40. The van der Waals surface area contributed by atoms with Crippen LogP contribution in [0.2, 0.25) is 0 Å². The van der Waals surface area contributed by atoms with Gasteiger partial charge in [-0.05, 0) is 37.5 Å². The summed E-state index contributed by atoms with van der Waals surface area (Å²) in [5.41, 5.74) is 7.64. The summed E-state index contributed by atoms with van der Waals surface area (Å²) in [7, 11) is 0. The first-order chi connectivity index (χ1) is 8.58. The first kappa shape index (κ1) is 13.4. The largest absolute Gasteiger partial charge is 0.459 e. The van der Waals surface area contributed by atoms with Crippen LogP contribution in [0.3, 0.4) is 0 Å². The van der Waals surface area contributed by atoms with Gasteiger partial charge in [-0.1, -0.05) is 15.9 Å². The van der Waals surface area contributed by atoms with Crippen molar-refractivity contribution in [2.24, 2.45) is 0 Å². The predicted molar refractivity (Wildman–Crippen MR) is 72.5 cm³/mol. The number of rotatable bonds is 3. The van der Waals surface area contributed by atoms with E-state index in [0.717, 1.165) is 29.5 Å². The fraction of sp³-hybridized carbons (Fsp3) is 0.462. The van der Waals surface area contributed by atoms with Crippen molar-refractivity contribution in [2.45, 2.75) is 25.9 Å². The van der Waals surface area contributed by atoms with E-state index in [1.54, 1.807) is 12.1 Å². The molecule has 0 aromatic heterocycles. The lowest BCUT2D eigenvalue weighted by molar-refractivity contribution is 0.0160. The topological polar surface area (TPSA) is 61.6 Å². The van der Waals surface area contributed by atoms with E-state index in [0.29, 0.717) is 17.9 Å². The molecule has 1 aliphatic heterocycles. The molecular formula is C13H16BrNO3. The maximum Gasteiger partial charge on any atom is 0.338 e. The fourth-order valence-electron chi connectivity index (χ4n) is 1.93. The Hall–Kier alpha value is -1.07. The predicted octanol–water partition coefficient (Wildman–Crippen LogP) is 2.68. The number of carbonyl (C=O) groups is 1. The molecule has 1 atom stereocenters. The highest BCUT2D eigenvalue weighted by molar-refractivity contribution is 9.10. The Labute approximate surface area is 115 Å². The molecule has 1 unspecified atom stereocenters. The normalized spacial score (nSPS) is 18.9. The summed E-state index contributed by atoms with van der Waals surface area (Å²) in [5, 5.41) is 0. The third-order valence-electron chi connectivity index (χ3n) is 3.06. The molecule has 18 heavy (non-hydrogen) atoms. The van der Waals surface area contributed by atoms with Gasteiger partial charge in [0.15, 0.2) is 0 Å². The number of halogens is 1. The van der Waals surface area contributed by atoms with Gasteiger partial charge in [-0.15, -0.1) is 0 Å². The van der Waals surface area contributed by atoms with E-state index in [9.17, 15) is 4.79 Å². The van der Waals surface area contributed by atoms with Gasteiger partial charge in [0.2, 0.25) is 0 Å². The summed E-state index contributed by atoms with van der Waals surface area (Å²) in [4.78, 5) is 12.0. The Bertz CT molecular complexity index is 456. The Kier molecular flexibility index (Phi) is 4.24. The molecule has 1 saturated heterocycles. The van der Waals surface area contributed by atoms with Gasteiger partial charge in [-0.25, -0.2) is 4.79 Å². The van der Waals surface area contributed by atoms with Gasteiger partial charge < -0.3 is 15.2 Å². The molecule has 1 heterocycles. The molecule has 0 amide bonds. The van der Waals surface area contributed by atoms with Crippen molar-refractivity contribution in [3.05, 3.63) is 27.7 Å². The zero-order valence-corrected chi connectivity index (χ0v) is 11.8. The van der Waals surface area contributed by atoms with Gasteiger partial charge in [0.1, 0.15) is 6.61 Å². The SMILES string of the molecule is Cc1c(N)cc(Br)cc1C(=O)OCC1CCCO1. The van der Waals surface area contributed by atoms with Crippen LogP contribution < -0.4 is 5.73 Å². The van der Waals surface area contributed by atoms with Crippen LogP contribution in [-0.2, 0) is 9.47 Å². The second-order valence-corrected chi connectivity index (χ2v) is 5.32. The van der Waals surface area contributed by atoms with Crippen molar-refractivity contribution < 1.29 is 14.3 Å². The van der Waals surface area contributed by atoms with Crippen molar-refractivity contribution in [3.63, 3.8) is 0 Å². The summed E-state index contributed by atoms with van der Waals surface area (Å²) < 4.78 is 11.4. The minimum Gasteiger partial charge on any atom is -0.459 e. The molecule has 0 saturated carbocycles. The zero-order chi connectivity index (χ0) is 13.1. The number of nitrogen functional groups attached to an aromatic ring is 1. The van der Waals surface area contributed by atoms with Crippen LogP contribution in [0.15, 0.2) is 16.6 Å². The summed E-state index contributed by atoms with van der Waals surface area (Å²) >= 11 is 3.32. The lowest BCUT2D eigenvalue weighted by Gasteiger charge is -2.12. The van der Waals surface area contributed by atoms with Gasteiger partial charge in [-0.3, -0.25) is 0 Å². The zero-order valence-electron chi connectivity index (χ0n) is 10.2. The Balaban J connectivity index is 2.04. The smallest absolute Gasteiger partial charge is 0.338 e. The van der Waals surface area contributed by atoms with Crippen molar-refractivity contribution in [1.29, 1.82) is 0 Å². The number of hydrogen-bond donors (Lipinski definition) is 1. The van der Waals surface area contributed by atoms with E-state index in [1.807, 2.05) is 6.92 Å². The van der Waals surface area contributed by atoms with Crippen molar-refractivity contribution in [1.82, 2.24) is 0 Å². The first-order valence-electron chi connectivity index (χ1n) is 5.92. The molecule has 1 fully saturated rings. The third-order valence-corrected chi connectivity index (χ3v) is 3.51. The third kappa shape index (κ3) is 3.03. The van der Waals surface area contributed by atoms with Gasteiger partial charge in [0.05, 0.1) is 11.7 Å². The summed E-state index contributed by atoms with van der Waals surface area (Å²) in [6.07, 6.45) is 2.02. The van der Waals surface area contributed by atoms with Gasteiger partial charge in [0.25, 0.3) is 0 Å². The Morgan fingerprint density at radius 2 is 2.39 bits per heavy atom. The molecule has 0 spiro atoms. The van der Waals surface area contributed by atoms with E-state index in [-0.39, 0.29) is 12.1 Å². The van der Waals surface area contributed by atoms with Gasteiger partial charge in [0, 0.05) is 16.8 Å². The number of hydrogen-bond acceptors (Lipinski definition) is 4. The maximum absolute atomic E-state index is 12.0. The van der Waals surface area contributed by atoms with E-state index < -0.39 is 0 Å². The van der Waals surface area contributed by atoms with E-state index in [1.165, 1.54) is 0 Å². The molecule has 2 rings (SSSR count). The van der Waals surface area contributed by atoms with Gasteiger partial charge >= 0.3 is 5.97 Å². The van der Waals surface area contributed by atoms with Crippen LogP contribution in [0, 0.1) is 6.92 Å². The van der Waals surface area contributed by atoms with Crippen LogP contribution >= 0.6 is 15.9 Å². The lowest BCUT2D eigenvalue weighted by Crippen LogP contribution is -2.18. The van der Waals surface area contributed by atoms with Crippen molar-refractivity contribution in [3.8, 4) is 0 Å². The molecule has 98 valence electrons. The van der Waals surface area contributed by atoms with Crippen LogP contribution in [0.4, 0.5) is 5.69 Å². The van der Waals surface area contributed by atoms with Crippen LogP contribution in [-0.4, -0.2) is 25.3 Å². The highest BCUT2D eigenvalue weighted by Crippen LogP contribution is 2.23. The van der Waals surface area contributed by atoms with E-state index in [4.69, 9.17) is 15.2 Å². The second kappa shape index (κ2) is 5.71. The van der Waals surface area contributed by atoms with Crippen molar-refractivity contribution >= 4 is 27.6 Å². The summed E-state index contributed by atoms with van der Waals surface area (Å²) in [5.74, 6) is -0.351. The minimum atomic E-state index is -0.351. The molecule has 4 nitrogen and oxygen atoms in total. The quantitative estimate of drug-likeness (QED) is 0.688. The Morgan fingerprint density at radius 3 is 3.06 bits per heavy atom. The van der Waals surface area contributed by atoms with E-state index >= 15 is 0 Å². The molecule has 0 aliphatic carbocycles. The molecular weight excluding hydrogens is 298 g/mol. The molecule has 5 heteroatoms. The summed E-state index contributed by atoms with van der Waals surface area (Å²) in [6, 6.07) is 3.50. The number of benzene rings is 1. The maximum atomic E-state index is 12.0. The van der Waals surface area contributed by atoms with Crippen LogP contribution in [0.25, 0.3) is 0 Å². The van der Waals surface area contributed by atoms with Gasteiger partial charge in [-0.2, -0.15) is 0 Å². The van der Waals surface area contributed by atoms with Crippen LogP contribution in [0.5, 0.6) is 0 Å². The Morgan fingerprint density at radius 1 is 1.61 bits per heavy atom. The molecule has 1 aromatic carbocycles. The number of carbonyl (C=O) groups excluding carboxylic acids is 1. The highest BCUT2D eigenvalue weighted by Gasteiger charge is 2.19. The summed E-state index contributed by atoms with van der Waals surface area (Å²) in [6.45, 7) is 2.88. The number of nitrogens with two attached hydrogens (primary N) is 1. The molecule has 0 radical (unpaired) electrons. The minimum absolute atomic E-state index is 0.0405. The monoisotopic (exact) mass is 313 g/mol. The van der Waals surface area contributed by atoms with Crippen molar-refractivity contribution in [2.75, 3.05) is 18.9 Å². The fourth-order valence-corrected chi connectivity index (χ4v) is 2.41. The molecule has 0 bridgehead atoms. The highest BCUT2D eigenvalue weighted by atomic mass is 79.9. The standard InChI is InChI=1S/C13H16BrNO3/c1-8-11(5-9(14)6-12(8)15)13(16)18-7-10-3-2-4-17-10/h5-6,10H,2-4,7,15H2,1H3. The number of ether oxygens (including phenoxy) is 2. The lowest BCUT2D eigenvalue weighted by atomic mass is 10.1. The van der Waals surface area contributed by atoms with Crippen LogP contribution in [0.1, 0.15) is 28.8 Å². The average molecular weight is 314 g/mol. The number of anilines is 1. The average Bonchev–Trinajstić information content (AvgIpc) is 2.83. The first-order valence-corrected chi connectivity index (χ1v) is 6.71. The molecule has 2 N–H and O–H groups in total. The van der Waals surface area contributed by atoms with E-state index in [2.05, 4.69) is 15.9 Å². The number of esters is 1. The molecule has 1 aliphatic rings. The molecule has 1 aromatic rings.